The molecule has 4 aliphatic carbocycles. The van der Waals surface area contributed by atoms with Gasteiger partial charge in [-0.05, 0) is 98.2 Å². The molecule has 1 unspecified atom stereocenters. The van der Waals surface area contributed by atoms with E-state index < -0.39 is 0 Å². The van der Waals surface area contributed by atoms with Crippen LogP contribution in [0.25, 0.3) is 0 Å². The maximum absolute atomic E-state index is 6.20. The van der Waals surface area contributed by atoms with Gasteiger partial charge in [-0.25, -0.2) is 0 Å². The van der Waals surface area contributed by atoms with Crippen LogP contribution in [0.4, 0.5) is 0 Å². The molecule has 1 heteroatoms. The number of rotatable bonds is 2. The summed E-state index contributed by atoms with van der Waals surface area (Å²) in [6.45, 7) is 13.3. The summed E-state index contributed by atoms with van der Waals surface area (Å²) in [4.78, 5) is 0. The van der Waals surface area contributed by atoms with Crippen LogP contribution in [0.15, 0.2) is 0 Å². The van der Waals surface area contributed by atoms with E-state index in [0.29, 0.717) is 16.9 Å². The van der Waals surface area contributed by atoms with Crippen LogP contribution in [0.2, 0.25) is 0 Å². The quantitative estimate of drug-likeness (QED) is 0.600. The van der Waals surface area contributed by atoms with Gasteiger partial charge in [0.25, 0.3) is 0 Å². The Morgan fingerprint density at radius 2 is 1.70 bits per heavy atom. The number of ether oxygens (including phenoxy) is 1. The fourth-order valence-corrected chi connectivity index (χ4v) is 8.49. The lowest BCUT2D eigenvalue weighted by molar-refractivity contribution is -0.191. The number of fused-ring (bicyclic) bond motifs is 3. The van der Waals surface area contributed by atoms with Gasteiger partial charge in [0.15, 0.2) is 0 Å². The van der Waals surface area contributed by atoms with Gasteiger partial charge in [0.1, 0.15) is 0 Å². The molecule has 4 saturated carbocycles. The molecule has 0 radical (unpaired) electrons. The monoisotopic (exact) mass is 318 g/mol. The molecule has 0 amide bonds. The van der Waals surface area contributed by atoms with Crippen LogP contribution >= 0.6 is 0 Å². The molecule has 1 nitrogen and oxygen atoms in total. The van der Waals surface area contributed by atoms with Gasteiger partial charge in [-0.3, -0.25) is 0 Å². The summed E-state index contributed by atoms with van der Waals surface area (Å²) in [5, 5.41) is 0. The molecule has 1 spiro atoms. The van der Waals surface area contributed by atoms with Crippen molar-refractivity contribution >= 4 is 0 Å². The second-order valence-electron chi connectivity index (χ2n) is 10.5. The fraction of sp³-hybridized carbons (Fsp3) is 1.00. The van der Waals surface area contributed by atoms with Crippen molar-refractivity contribution in [3.63, 3.8) is 0 Å². The molecule has 0 aromatic heterocycles. The Hall–Kier alpha value is -0.0400. The van der Waals surface area contributed by atoms with Gasteiger partial charge in [0, 0.05) is 6.61 Å². The van der Waals surface area contributed by atoms with Gasteiger partial charge in [0.05, 0.1) is 6.10 Å². The molecule has 0 aliphatic heterocycles. The van der Waals surface area contributed by atoms with E-state index in [1.54, 1.807) is 12.8 Å². The fourth-order valence-electron chi connectivity index (χ4n) is 8.49. The molecule has 0 heterocycles. The maximum atomic E-state index is 6.20. The predicted octanol–water partition coefficient (Wildman–Crippen LogP) is 6.07. The molecule has 4 rings (SSSR count). The van der Waals surface area contributed by atoms with Crippen LogP contribution in [-0.4, -0.2) is 12.7 Å². The Morgan fingerprint density at radius 1 is 0.913 bits per heavy atom. The Morgan fingerprint density at radius 3 is 2.43 bits per heavy atom. The first-order valence-electron chi connectivity index (χ1n) is 10.4. The van der Waals surface area contributed by atoms with Crippen LogP contribution in [0.5, 0.6) is 0 Å². The highest BCUT2D eigenvalue weighted by Gasteiger charge is 2.64. The van der Waals surface area contributed by atoms with Crippen molar-refractivity contribution in [2.24, 2.45) is 39.9 Å². The Bertz CT molecular complexity index is 465. The van der Waals surface area contributed by atoms with Crippen molar-refractivity contribution < 1.29 is 4.74 Å². The third-order valence-electron chi connectivity index (χ3n) is 9.33. The summed E-state index contributed by atoms with van der Waals surface area (Å²) >= 11 is 0. The van der Waals surface area contributed by atoms with E-state index in [2.05, 4.69) is 34.6 Å². The molecule has 2 bridgehead atoms. The first kappa shape index (κ1) is 16.4. The van der Waals surface area contributed by atoms with Crippen molar-refractivity contribution in [1.29, 1.82) is 0 Å². The summed E-state index contributed by atoms with van der Waals surface area (Å²) in [5.74, 6) is 3.91. The first-order valence-corrected chi connectivity index (χ1v) is 10.4. The lowest BCUT2D eigenvalue weighted by atomic mass is 9.41. The van der Waals surface area contributed by atoms with Crippen LogP contribution in [0.1, 0.15) is 86.0 Å². The van der Waals surface area contributed by atoms with Crippen molar-refractivity contribution in [1.82, 2.24) is 0 Å². The predicted molar refractivity (Wildman–Crippen MR) is 96.3 cm³/mol. The molecule has 4 fully saturated rings. The maximum Gasteiger partial charge on any atom is 0.0628 e. The highest BCUT2D eigenvalue weighted by atomic mass is 16.5. The number of hydrogen-bond acceptors (Lipinski definition) is 1. The van der Waals surface area contributed by atoms with Crippen molar-refractivity contribution in [2.45, 2.75) is 92.1 Å². The van der Waals surface area contributed by atoms with Gasteiger partial charge >= 0.3 is 0 Å². The van der Waals surface area contributed by atoms with E-state index >= 15 is 0 Å². The molecule has 0 saturated heterocycles. The van der Waals surface area contributed by atoms with Crippen LogP contribution in [-0.2, 0) is 4.74 Å². The highest BCUT2D eigenvalue weighted by Crippen LogP contribution is 2.72. The van der Waals surface area contributed by atoms with E-state index in [0.717, 1.165) is 35.7 Å². The Balaban J connectivity index is 1.66. The van der Waals surface area contributed by atoms with Crippen LogP contribution < -0.4 is 0 Å². The second-order valence-corrected chi connectivity index (χ2v) is 10.5. The van der Waals surface area contributed by atoms with Crippen LogP contribution in [0.3, 0.4) is 0 Å². The average Bonchev–Trinajstić information content (AvgIpc) is 2.72. The second kappa shape index (κ2) is 5.23. The van der Waals surface area contributed by atoms with Crippen molar-refractivity contribution in [2.75, 3.05) is 6.61 Å². The smallest absolute Gasteiger partial charge is 0.0628 e. The average molecular weight is 319 g/mol. The minimum absolute atomic E-state index is 0.353. The highest BCUT2D eigenvalue weighted by molar-refractivity contribution is 5.14. The van der Waals surface area contributed by atoms with E-state index in [-0.39, 0.29) is 0 Å². The van der Waals surface area contributed by atoms with Gasteiger partial charge in [-0.1, -0.05) is 27.7 Å². The summed E-state index contributed by atoms with van der Waals surface area (Å²) in [7, 11) is 0. The van der Waals surface area contributed by atoms with Gasteiger partial charge in [-0.15, -0.1) is 0 Å². The van der Waals surface area contributed by atoms with Crippen molar-refractivity contribution in [3.05, 3.63) is 0 Å². The molecule has 0 N–H and O–H groups in total. The molecule has 4 aliphatic rings. The Kier molecular flexibility index (Phi) is 3.73. The third kappa shape index (κ3) is 2.14. The number of hydrogen-bond donors (Lipinski definition) is 0. The largest absolute Gasteiger partial charge is 0.378 e. The lowest BCUT2D eigenvalue weighted by Crippen LogP contribution is -2.59. The molecule has 0 aromatic rings. The molecule has 23 heavy (non-hydrogen) atoms. The normalized spacial score (nSPS) is 54.4. The Labute approximate surface area is 143 Å². The van der Waals surface area contributed by atoms with E-state index in [1.807, 2.05) is 0 Å². The molecule has 132 valence electrons. The molecule has 7 atom stereocenters. The molecule has 0 aromatic carbocycles. The van der Waals surface area contributed by atoms with E-state index in [9.17, 15) is 0 Å². The lowest BCUT2D eigenvalue weighted by Gasteiger charge is -2.65. The zero-order valence-electron chi connectivity index (χ0n) is 16.2. The minimum atomic E-state index is 0.353. The van der Waals surface area contributed by atoms with Crippen LogP contribution in [0, 0.1) is 39.9 Å². The summed E-state index contributed by atoms with van der Waals surface area (Å²) in [6.07, 6.45) is 12.3. The zero-order chi connectivity index (χ0) is 16.5. The molecular weight excluding hydrogens is 280 g/mol. The standard InChI is InChI=1S/C22H38O/c1-6-23-19-10-11-21(5)17(20(19,3)4)9-12-22-13-15(2)16(14-22)7-8-18(21)22/h15-19H,6-14H2,1-5H3/t15-,16-,17+,18-,19?,21+,22+/m1/s1. The summed E-state index contributed by atoms with van der Waals surface area (Å²) in [6, 6.07) is 0. The topological polar surface area (TPSA) is 9.23 Å². The summed E-state index contributed by atoms with van der Waals surface area (Å²) < 4.78 is 6.20. The van der Waals surface area contributed by atoms with E-state index in [4.69, 9.17) is 4.74 Å². The SMILES string of the molecule is CCOC1CC[C@@]2(C)[C@@H](CC[C@]34C[C@@H](CC[C@@H]32)[C@H](C)C4)C1(C)C. The first-order chi connectivity index (χ1) is 10.8. The minimum Gasteiger partial charge on any atom is -0.378 e. The van der Waals surface area contributed by atoms with Crippen molar-refractivity contribution in [3.8, 4) is 0 Å². The van der Waals surface area contributed by atoms with E-state index in [1.165, 1.54) is 38.5 Å². The summed E-state index contributed by atoms with van der Waals surface area (Å²) in [5.41, 5.74) is 1.65. The molecular formula is C22H38O. The van der Waals surface area contributed by atoms with Gasteiger partial charge in [-0.2, -0.15) is 0 Å². The zero-order valence-corrected chi connectivity index (χ0v) is 16.2. The third-order valence-corrected chi connectivity index (χ3v) is 9.33. The van der Waals surface area contributed by atoms with Gasteiger partial charge in [0.2, 0.25) is 0 Å². The van der Waals surface area contributed by atoms with Gasteiger partial charge < -0.3 is 4.74 Å².